The topological polar surface area (TPSA) is 37.8 Å². The molecule has 1 aromatic heterocycles. The number of nitrogens with zero attached hydrogens (tertiary/aromatic N) is 2. The molecule has 1 rings (SSSR count). The smallest absolute Gasteiger partial charge is 0.205 e. The molecular weight excluding hydrogens is 194 g/mol. The second-order valence-corrected chi connectivity index (χ2v) is 4.49. The Labute approximate surface area is 89.9 Å². The van der Waals surface area contributed by atoms with Crippen LogP contribution in [0.1, 0.15) is 40.0 Å². The van der Waals surface area contributed by atoms with E-state index < -0.39 is 0 Å². The lowest BCUT2D eigenvalue weighted by Crippen LogP contribution is -2.27. The molecule has 0 radical (unpaired) electrons. The summed E-state index contributed by atoms with van der Waals surface area (Å²) >= 11 is 1.56. The van der Waals surface area contributed by atoms with Gasteiger partial charge >= 0.3 is 0 Å². The summed E-state index contributed by atoms with van der Waals surface area (Å²) in [6.45, 7) is 7.78. The van der Waals surface area contributed by atoms with Crippen molar-refractivity contribution in [1.82, 2.24) is 10.2 Å². The summed E-state index contributed by atoms with van der Waals surface area (Å²) in [5.74, 6) is 0. The van der Waals surface area contributed by atoms with Crippen LogP contribution in [0.4, 0.5) is 5.13 Å². The van der Waals surface area contributed by atoms with Crippen molar-refractivity contribution in [3.8, 4) is 0 Å². The van der Waals surface area contributed by atoms with Gasteiger partial charge in [-0.2, -0.15) is 0 Å². The third-order valence-electron chi connectivity index (χ3n) is 3.22. The summed E-state index contributed by atoms with van der Waals surface area (Å²) in [6, 6.07) is 0. The highest BCUT2D eigenvalue weighted by Gasteiger charge is 2.23. The maximum atomic E-state index is 3.98. The van der Waals surface area contributed by atoms with Gasteiger partial charge in [-0.25, -0.2) is 0 Å². The Morgan fingerprint density at radius 1 is 1.29 bits per heavy atom. The van der Waals surface area contributed by atoms with Crippen molar-refractivity contribution >= 4 is 16.5 Å². The van der Waals surface area contributed by atoms with Crippen molar-refractivity contribution < 1.29 is 0 Å². The van der Waals surface area contributed by atoms with Gasteiger partial charge in [0, 0.05) is 6.54 Å². The lowest BCUT2D eigenvalue weighted by Gasteiger charge is -2.30. The van der Waals surface area contributed by atoms with Gasteiger partial charge in [-0.3, -0.25) is 0 Å². The van der Waals surface area contributed by atoms with E-state index in [1.807, 2.05) is 0 Å². The predicted octanol–water partition coefficient (Wildman–Crippen LogP) is 3.17. The van der Waals surface area contributed by atoms with Crippen LogP contribution in [0.15, 0.2) is 5.51 Å². The molecule has 1 heterocycles. The van der Waals surface area contributed by atoms with E-state index in [1.165, 1.54) is 19.3 Å². The van der Waals surface area contributed by atoms with E-state index in [2.05, 4.69) is 36.3 Å². The lowest BCUT2D eigenvalue weighted by atomic mass is 9.80. The molecule has 0 aliphatic heterocycles. The first-order valence-electron chi connectivity index (χ1n) is 5.26. The van der Waals surface area contributed by atoms with E-state index in [0.717, 1.165) is 11.7 Å². The van der Waals surface area contributed by atoms with Gasteiger partial charge < -0.3 is 5.32 Å². The first kappa shape index (κ1) is 11.4. The Balaban J connectivity index is 2.48. The number of rotatable bonds is 6. The Morgan fingerprint density at radius 2 is 1.93 bits per heavy atom. The standard InChI is InChI=1S/C10H19N3S/c1-4-10(5-2,6-3)7-11-9-13-12-8-14-9/h8H,4-7H2,1-3H3,(H,11,13). The molecule has 0 aromatic carbocycles. The van der Waals surface area contributed by atoms with Crippen LogP contribution < -0.4 is 5.32 Å². The number of hydrogen-bond donors (Lipinski definition) is 1. The number of nitrogens with one attached hydrogen (secondary N) is 1. The normalized spacial score (nSPS) is 11.6. The monoisotopic (exact) mass is 213 g/mol. The van der Waals surface area contributed by atoms with E-state index in [1.54, 1.807) is 16.8 Å². The van der Waals surface area contributed by atoms with Crippen LogP contribution in [0, 0.1) is 5.41 Å². The molecule has 0 unspecified atom stereocenters. The minimum atomic E-state index is 0.422. The molecule has 14 heavy (non-hydrogen) atoms. The van der Waals surface area contributed by atoms with Gasteiger partial charge in [0.2, 0.25) is 5.13 Å². The number of anilines is 1. The van der Waals surface area contributed by atoms with Crippen molar-refractivity contribution in [2.24, 2.45) is 5.41 Å². The predicted molar refractivity (Wildman–Crippen MR) is 61.7 cm³/mol. The second kappa shape index (κ2) is 5.29. The van der Waals surface area contributed by atoms with Gasteiger partial charge in [0.05, 0.1) is 0 Å². The molecule has 3 nitrogen and oxygen atoms in total. The van der Waals surface area contributed by atoms with Crippen LogP contribution in [-0.4, -0.2) is 16.7 Å². The third-order valence-corrected chi connectivity index (χ3v) is 3.87. The van der Waals surface area contributed by atoms with Crippen molar-refractivity contribution in [1.29, 1.82) is 0 Å². The average Bonchev–Trinajstić information content (AvgIpc) is 2.74. The van der Waals surface area contributed by atoms with E-state index in [4.69, 9.17) is 0 Å². The van der Waals surface area contributed by atoms with Crippen molar-refractivity contribution in [2.75, 3.05) is 11.9 Å². The number of hydrogen-bond acceptors (Lipinski definition) is 4. The quantitative estimate of drug-likeness (QED) is 0.788. The highest BCUT2D eigenvalue weighted by Crippen LogP contribution is 2.30. The fourth-order valence-electron chi connectivity index (χ4n) is 1.64. The molecule has 1 N–H and O–H groups in total. The molecule has 0 spiro atoms. The molecule has 0 aliphatic carbocycles. The van der Waals surface area contributed by atoms with Gasteiger partial charge in [0.15, 0.2) is 0 Å². The summed E-state index contributed by atoms with van der Waals surface area (Å²) in [6.07, 6.45) is 3.64. The lowest BCUT2D eigenvalue weighted by molar-refractivity contribution is 0.271. The average molecular weight is 213 g/mol. The summed E-state index contributed by atoms with van der Waals surface area (Å²) in [5, 5.41) is 12.1. The Morgan fingerprint density at radius 3 is 2.36 bits per heavy atom. The van der Waals surface area contributed by atoms with Crippen molar-refractivity contribution in [2.45, 2.75) is 40.0 Å². The largest absolute Gasteiger partial charge is 0.360 e. The molecule has 0 amide bonds. The highest BCUT2D eigenvalue weighted by molar-refractivity contribution is 7.13. The molecule has 0 fully saturated rings. The maximum Gasteiger partial charge on any atom is 0.205 e. The van der Waals surface area contributed by atoms with Crippen LogP contribution in [0.3, 0.4) is 0 Å². The van der Waals surface area contributed by atoms with Gasteiger partial charge in [-0.05, 0) is 24.7 Å². The first-order valence-corrected chi connectivity index (χ1v) is 6.14. The molecule has 0 bridgehead atoms. The van der Waals surface area contributed by atoms with E-state index in [0.29, 0.717) is 5.41 Å². The van der Waals surface area contributed by atoms with E-state index in [-0.39, 0.29) is 0 Å². The van der Waals surface area contributed by atoms with Crippen LogP contribution in [0.2, 0.25) is 0 Å². The minimum absolute atomic E-state index is 0.422. The van der Waals surface area contributed by atoms with Crippen LogP contribution in [-0.2, 0) is 0 Å². The van der Waals surface area contributed by atoms with Crippen LogP contribution >= 0.6 is 11.3 Å². The molecule has 0 saturated carbocycles. The fraction of sp³-hybridized carbons (Fsp3) is 0.800. The molecule has 4 heteroatoms. The first-order chi connectivity index (χ1) is 6.76. The Hall–Kier alpha value is -0.640. The molecule has 0 atom stereocenters. The molecule has 0 saturated heterocycles. The molecule has 80 valence electrons. The second-order valence-electron chi connectivity index (χ2n) is 3.66. The third kappa shape index (κ3) is 2.67. The van der Waals surface area contributed by atoms with Gasteiger partial charge in [-0.1, -0.05) is 32.1 Å². The van der Waals surface area contributed by atoms with E-state index >= 15 is 0 Å². The minimum Gasteiger partial charge on any atom is -0.360 e. The molecular formula is C10H19N3S. The van der Waals surface area contributed by atoms with Crippen LogP contribution in [0.5, 0.6) is 0 Å². The van der Waals surface area contributed by atoms with Gasteiger partial charge in [0.25, 0.3) is 0 Å². The maximum absolute atomic E-state index is 3.98. The van der Waals surface area contributed by atoms with Gasteiger partial charge in [0.1, 0.15) is 5.51 Å². The Bertz CT molecular complexity index is 234. The van der Waals surface area contributed by atoms with Crippen LogP contribution in [0.25, 0.3) is 0 Å². The molecule has 1 aromatic rings. The van der Waals surface area contributed by atoms with E-state index in [9.17, 15) is 0 Å². The SMILES string of the molecule is CCC(CC)(CC)CNc1nncs1. The summed E-state index contributed by atoms with van der Waals surface area (Å²) in [7, 11) is 0. The number of aromatic nitrogens is 2. The zero-order valence-electron chi connectivity index (χ0n) is 9.21. The Kier molecular flexibility index (Phi) is 4.32. The summed E-state index contributed by atoms with van der Waals surface area (Å²) < 4.78 is 0. The fourth-order valence-corrected chi connectivity index (χ4v) is 2.08. The van der Waals surface area contributed by atoms with Gasteiger partial charge in [-0.15, -0.1) is 10.2 Å². The highest BCUT2D eigenvalue weighted by atomic mass is 32.1. The summed E-state index contributed by atoms with van der Waals surface area (Å²) in [5.41, 5.74) is 2.18. The zero-order valence-corrected chi connectivity index (χ0v) is 10.0. The summed E-state index contributed by atoms with van der Waals surface area (Å²) in [4.78, 5) is 0. The molecule has 0 aliphatic rings. The van der Waals surface area contributed by atoms with Crippen molar-refractivity contribution in [3.05, 3.63) is 5.51 Å². The van der Waals surface area contributed by atoms with Crippen molar-refractivity contribution in [3.63, 3.8) is 0 Å². The zero-order chi connectivity index (χ0) is 10.4.